The van der Waals surface area contributed by atoms with Gasteiger partial charge in [-0.25, -0.2) is 9.97 Å². The van der Waals surface area contributed by atoms with Crippen molar-refractivity contribution in [1.29, 1.82) is 0 Å². The van der Waals surface area contributed by atoms with Crippen molar-refractivity contribution in [2.75, 3.05) is 5.32 Å². The number of aryl methyl sites for hydroxylation is 1. The number of nitrogens with one attached hydrogen (secondary N) is 1. The molecule has 1 amide bonds. The molecular weight excluding hydrogens is 240 g/mol. The second-order valence-electron chi connectivity index (χ2n) is 4.28. The minimum absolute atomic E-state index is 0.188. The molecule has 17 heavy (non-hydrogen) atoms. The Hall–Kier alpha value is -1.20. The molecule has 0 saturated heterocycles. The van der Waals surface area contributed by atoms with Crippen LogP contribution in [0.4, 0.5) is 5.95 Å². The summed E-state index contributed by atoms with van der Waals surface area (Å²) < 4.78 is 0. The Balaban J connectivity index is 2.80. The molecule has 0 aliphatic carbocycles. The van der Waals surface area contributed by atoms with E-state index in [4.69, 9.17) is 17.3 Å². The average molecular weight is 257 g/mol. The topological polar surface area (TPSA) is 80.9 Å². The number of anilines is 1. The fraction of sp³-hybridized carbons (Fsp3) is 0.545. The predicted molar refractivity (Wildman–Crippen MR) is 67.9 cm³/mol. The minimum Gasteiger partial charge on any atom is -0.318 e. The van der Waals surface area contributed by atoms with Crippen molar-refractivity contribution in [3.05, 3.63) is 16.9 Å². The van der Waals surface area contributed by atoms with Crippen molar-refractivity contribution in [2.45, 2.75) is 39.2 Å². The Morgan fingerprint density at radius 1 is 1.59 bits per heavy atom. The number of nitrogens with zero attached hydrogens (tertiary/aromatic N) is 2. The Labute approximate surface area is 106 Å². The van der Waals surface area contributed by atoms with Gasteiger partial charge < -0.3 is 5.73 Å². The van der Waals surface area contributed by atoms with Crippen LogP contribution in [0.15, 0.2) is 6.07 Å². The maximum absolute atomic E-state index is 11.9. The summed E-state index contributed by atoms with van der Waals surface area (Å²) in [6.45, 7) is 5.43. The van der Waals surface area contributed by atoms with E-state index in [-0.39, 0.29) is 11.9 Å². The molecule has 0 spiro atoms. The molecule has 1 unspecified atom stereocenters. The van der Waals surface area contributed by atoms with E-state index < -0.39 is 5.54 Å². The smallest absolute Gasteiger partial charge is 0.246 e. The highest BCUT2D eigenvalue weighted by molar-refractivity contribution is 6.29. The number of carbonyl (C=O) groups excluding carboxylic acids is 1. The van der Waals surface area contributed by atoms with E-state index >= 15 is 0 Å². The number of nitrogens with two attached hydrogens (primary N) is 1. The molecule has 0 radical (unpaired) electrons. The molecule has 3 N–H and O–H groups in total. The molecule has 1 atom stereocenters. The number of halogens is 1. The van der Waals surface area contributed by atoms with Gasteiger partial charge in [0.25, 0.3) is 0 Å². The molecule has 5 nitrogen and oxygen atoms in total. The molecule has 0 saturated carbocycles. The zero-order valence-electron chi connectivity index (χ0n) is 10.2. The maximum atomic E-state index is 11.9. The molecule has 0 aliphatic heterocycles. The molecule has 6 heteroatoms. The summed E-state index contributed by atoms with van der Waals surface area (Å²) in [6, 6.07) is 1.62. The molecular formula is C11H17ClN4O. The van der Waals surface area contributed by atoms with E-state index in [9.17, 15) is 4.79 Å². The van der Waals surface area contributed by atoms with Crippen LogP contribution in [0, 0.1) is 6.92 Å². The monoisotopic (exact) mass is 256 g/mol. The lowest BCUT2D eigenvalue weighted by atomic mass is 9.97. The van der Waals surface area contributed by atoms with Crippen LogP contribution in [-0.2, 0) is 4.79 Å². The minimum atomic E-state index is -0.922. The van der Waals surface area contributed by atoms with Gasteiger partial charge in [0.1, 0.15) is 5.15 Å². The molecule has 0 fully saturated rings. The Bertz CT molecular complexity index is 400. The van der Waals surface area contributed by atoms with Gasteiger partial charge in [-0.2, -0.15) is 0 Å². The Morgan fingerprint density at radius 2 is 2.24 bits per heavy atom. The van der Waals surface area contributed by atoms with E-state index in [2.05, 4.69) is 15.3 Å². The molecule has 1 rings (SSSR count). The number of carbonyl (C=O) groups is 1. The van der Waals surface area contributed by atoms with Gasteiger partial charge in [-0.05, 0) is 26.3 Å². The number of rotatable bonds is 4. The fourth-order valence-corrected chi connectivity index (χ4v) is 1.70. The molecule has 0 bridgehead atoms. The van der Waals surface area contributed by atoms with E-state index in [0.717, 1.165) is 6.42 Å². The number of amides is 1. The molecule has 0 aliphatic rings. The van der Waals surface area contributed by atoms with Gasteiger partial charge in [0, 0.05) is 5.69 Å². The van der Waals surface area contributed by atoms with Gasteiger partial charge in [-0.1, -0.05) is 24.9 Å². The van der Waals surface area contributed by atoms with Crippen LogP contribution in [0.5, 0.6) is 0 Å². The van der Waals surface area contributed by atoms with Crippen LogP contribution in [0.3, 0.4) is 0 Å². The lowest BCUT2D eigenvalue weighted by molar-refractivity contribution is -0.120. The molecule has 1 heterocycles. The van der Waals surface area contributed by atoms with Crippen molar-refractivity contribution in [1.82, 2.24) is 9.97 Å². The van der Waals surface area contributed by atoms with E-state index in [0.29, 0.717) is 17.3 Å². The summed E-state index contributed by atoms with van der Waals surface area (Å²) in [5.74, 6) is -0.117. The first kappa shape index (κ1) is 13.9. The summed E-state index contributed by atoms with van der Waals surface area (Å²) in [7, 11) is 0. The fourth-order valence-electron chi connectivity index (χ4n) is 1.46. The SMILES string of the molecule is CCCC(C)(N)C(=O)Nc1nc(C)cc(Cl)n1. The van der Waals surface area contributed by atoms with Crippen molar-refractivity contribution in [3.8, 4) is 0 Å². The van der Waals surface area contributed by atoms with E-state index in [1.807, 2.05) is 6.92 Å². The summed E-state index contributed by atoms with van der Waals surface area (Å²) in [4.78, 5) is 19.9. The third-order valence-electron chi connectivity index (χ3n) is 2.34. The van der Waals surface area contributed by atoms with Crippen LogP contribution in [0.2, 0.25) is 5.15 Å². The largest absolute Gasteiger partial charge is 0.318 e. The van der Waals surface area contributed by atoms with Crippen molar-refractivity contribution in [2.24, 2.45) is 5.73 Å². The van der Waals surface area contributed by atoms with Crippen molar-refractivity contribution < 1.29 is 4.79 Å². The highest BCUT2D eigenvalue weighted by Gasteiger charge is 2.27. The predicted octanol–water partition coefficient (Wildman–Crippen LogP) is 1.89. The molecule has 1 aromatic rings. The molecule has 1 aromatic heterocycles. The van der Waals surface area contributed by atoms with Crippen LogP contribution in [0.1, 0.15) is 32.4 Å². The van der Waals surface area contributed by atoms with Crippen LogP contribution < -0.4 is 11.1 Å². The van der Waals surface area contributed by atoms with Crippen molar-refractivity contribution in [3.63, 3.8) is 0 Å². The quantitative estimate of drug-likeness (QED) is 0.806. The third-order valence-corrected chi connectivity index (χ3v) is 2.53. The Kier molecular flexibility index (Phi) is 4.42. The van der Waals surface area contributed by atoms with Crippen molar-refractivity contribution >= 4 is 23.5 Å². The molecule has 94 valence electrons. The van der Waals surface area contributed by atoms with Gasteiger partial charge >= 0.3 is 0 Å². The summed E-state index contributed by atoms with van der Waals surface area (Å²) >= 11 is 5.78. The summed E-state index contributed by atoms with van der Waals surface area (Å²) in [6.07, 6.45) is 1.42. The second-order valence-corrected chi connectivity index (χ2v) is 4.66. The third kappa shape index (κ3) is 3.94. The van der Waals surface area contributed by atoms with E-state index in [1.54, 1.807) is 19.9 Å². The Morgan fingerprint density at radius 3 is 2.76 bits per heavy atom. The first-order valence-corrected chi connectivity index (χ1v) is 5.84. The summed E-state index contributed by atoms with van der Waals surface area (Å²) in [5.41, 5.74) is 5.66. The van der Waals surface area contributed by atoms with Gasteiger partial charge in [-0.3, -0.25) is 10.1 Å². The maximum Gasteiger partial charge on any atom is 0.246 e. The first-order chi connectivity index (χ1) is 7.85. The highest BCUT2D eigenvalue weighted by atomic mass is 35.5. The number of aromatic nitrogens is 2. The average Bonchev–Trinajstić information content (AvgIpc) is 2.15. The zero-order chi connectivity index (χ0) is 13.1. The highest BCUT2D eigenvalue weighted by Crippen LogP contribution is 2.13. The number of hydrogen-bond acceptors (Lipinski definition) is 4. The van der Waals surface area contributed by atoms with Crippen LogP contribution in [0.25, 0.3) is 0 Å². The van der Waals surface area contributed by atoms with Gasteiger partial charge in [0.15, 0.2) is 0 Å². The van der Waals surface area contributed by atoms with Gasteiger partial charge in [0.2, 0.25) is 11.9 Å². The second kappa shape index (κ2) is 5.42. The van der Waals surface area contributed by atoms with E-state index in [1.165, 1.54) is 0 Å². The van der Waals surface area contributed by atoms with Crippen LogP contribution in [-0.4, -0.2) is 21.4 Å². The van der Waals surface area contributed by atoms with Crippen LogP contribution >= 0.6 is 11.6 Å². The van der Waals surface area contributed by atoms with Gasteiger partial charge in [-0.15, -0.1) is 0 Å². The zero-order valence-corrected chi connectivity index (χ0v) is 11.0. The number of hydrogen-bond donors (Lipinski definition) is 2. The molecule has 0 aromatic carbocycles. The first-order valence-electron chi connectivity index (χ1n) is 5.46. The lowest BCUT2D eigenvalue weighted by Crippen LogP contribution is -2.48. The standard InChI is InChI=1S/C11H17ClN4O/c1-4-5-11(3,13)9(17)16-10-14-7(2)6-8(12)15-10/h6H,4-5,13H2,1-3H3,(H,14,15,16,17). The van der Waals surface area contributed by atoms with Gasteiger partial charge in [0.05, 0.1) is 5.54 Å². The normalized spacial score (nSPS) is 14.2. The lowest BCUT2D eigenvalue weighted by Gasteiger charge is -2.22. The summed E-state index contributed by atoms with van der Waals surface area (Å²) in [5, 5.41) is 2.87.